The Morgan fingerprint density at radius 3 is 2.72 bits per heavy atom. The third kappa shape index (κ3) is 2.89. The van der Waals surface area contributed by atoms with Gasteiger partial charge >= 0.3 is 0 Å². The van der Waals surface area contributed by atoms with Crippen molar-refractivity contribution in [3.05, 3.63) is 40.8 Å². The molecule has 5 heteroatoms. The third-order valence-corrected chi connectivity index (χ3v) is 2.84. The first-order chi connectivity index (χ1) is 8.60. The predicted molar refractivity (Wildman–Crippen MR) is 73.2 cm³/mol. The monoisotopic (exact) mass is 264 g/mol. The summed E-state index contributed by atoms with van der Waals surface area (Å²) >= 11 is 5.89. The van der Waals surface area contributed by atoms with Crippen LogP contribution in [0.3, 0.4) is 0 Å². The summed E-state index contributed by atoms with van der Waals surface area (Å²) in [7, 11) is 1.93. The van der Waals surface area contributed by atoms with Crippen LogP contribution >= 0.6 is 11.6 Å². The summed E-state index contributed by atoms with van der Waals surface area (Å²) in [5.74, 6) is 1.19. The summed E-state index contributed by atoms with van der Waals surface area (Å²) in [6, 6.07) is 4.14. The van der Waals surface area contributed by atoms with Gasteiger partial charge in [-0.3, -0.25) is 0 Å². The van der Waals surface area contributed by atoms with Gasteiger partial charge in [-0.2, -0.15) is 5.10 Å². The molecule has 4 nitrogen and oxygen atoms in total. The summed E-state index contributed by atoms with van der Waals surface area (Å²) in [4.78, 5) is 4.61. The van der Waals surface area contributed by atoms with Crippen molar-refractivity contribution in [1.82, 2.24) is 20.1 Å². The van der Waals surface area contributed by atoms with Crippen LogP contribution in [0.15, 0.2) is 24.5 Å². The molecular formula is C13H17ClN4. The van der Waals surface area contributed by atoms with E-state index in [4.69, 9.17) is 11.6 Å². The van der Waals surface area contributed by atoms with E-state index in [0.29, 0.717) is 10.9 Å². The maximum atomic E-state index is 5.89. The van der Waals surface area contributed by atoms with Gasteiger partial charge in [0.1, 0.15) is 0 Å². The molecule has 0 bridgehead atoms. The molecule has 0 atom stereocenters. The van der Waals surface area contributed by atoms with Gasteiger partial charge in [-0.1, -0.05) is 25.4 Å². The van der Waals surface area contributed by atoms with Crippen LogP contribution in [0.25, 0.3) is 5.82 Å². The van der Waals surface area contributed by atoms with Crippen LogP contribution in [0, 0.1) is 0 Å². The maximum absolute atomic E-state index is 5.89. The molecule has 0 aliphatic carbocycles. The molecule has 0 fully saturated rings. The van der Waals surface area contributed by atoms with Gasteiger partial charge in [-0.15, -0.1) is 0 Å². The third-order valence-electron chi connectivity index (χ3n) is 2.65. The molecule has 0 unspecified atom stereocenters. The summed E-state index contributed by atoms with van der Waals surface area (Å²) in [6.45, 7) is 5.07. The first-order valence-corrected chi connectivity index (χ1v) is 6.34. The van der Waals surface area contributed by atoms with Crippen LogP contribution in [0.4, 0.5) is 0 Å². The van der Waals surface area contributed by atoms with E-state index >= 15 is 0 Å². The average molecular weight is 265 g/mol. The minimum absolute atomic E-state index is 0.381. The molecule has 18 heavy (non-hydrogen) atoms. The van der Waals surface area contributed by atoms with Gasteiger partial charge in [0.25, 0.3) is 0 Å². The molecule has 2 aromatic heterocycles. The minimum atomic E-state index is 0.381. The molecule has 0 aromatic carbocycles. The lowest BCUT2D eigenvalue weighted by Gasteiger charge is -2.11. The minimum Gasteiger partial charge on any atom is -0.316 e. The Hall–Kier alpha value is -1.39. The van der Waals surface area contributed by atoms with E-state index in [1.807, 2.05) is 13.1 Å². The van der Waals surface area contributed by atoms with Crippen molar-refractivity contribution in [2.75, 3.05) is 7.05 Å². The Bertz CT molecular complexity index is 534. The molecule has 96 valence electrons. The quantitative estimate of drug-likeness (QED) is 0.923. The van der Waals surface area contributed by atoms with E-state index in [-0.39, 0.29) is 0 Å². The molecule has 2 heterocycles. The lowest BCUT2D eigenvalue weighted by molar-refractivity contribution is 0.761. The standard InChI is InChI=1S/C13H17ClN4/c1-9(2)12-4-10(6-15-3)5-13(17-12)18-8-11(14)7-16-18/h4-5,7-9,15H,6H2,1-3H3. The van der Waals surface area contributed by atoms with E-state index in [0.717, 1.165) is 18.1 Å². The number of hydrogen-bond acceptors (Lipinski definition) is 3. The van der Waals surface area contributed by atoms with Crippen molar-refractivity contribution in [3.63, 3.8) is 0 Å². The van der Waals surface area contributed by atoms with Crippen LogP contribution in [0.5, 0.6) is 0 Å². The van der Waals surface area contributed by atoms with Gasteiger partial charge in [-0.05, 0) is 30.7 Å². The van der Waals surface area contributed by atoms with Crippen LogP contribution in [0.1, 0.15) is 31.0 Å². The maximum Gasteiger partial charge on any atom is 0.153 e. The smallest absolute Gasteiger partial charge is 0.153 e. The van der Waals surface area contributed by atoms with Gasteiger partial charge < -0.3 is 5.32 Å². The SMILES string of the molecule is CNCc1cc(C(C)C)nc(-n2cc(Cl)cn2)c1. The fourth-order valence-corrected chi connectivity index (χ4v) is 1.88. The summed E-state index contributed by atoms with van der Waals surface area (Å²) < 4.78 is 1.70. The molecule has 2 rings (SSSR count). The highest BCUT2D eigenvalue weighted by atomic mass is 35.5. The molecule has 2 aromatic rings. The zero-order chi connectivity index (χ0) is 13.1. The number of rotatable bonds is 4. The molecule has 0 aliphatic rings. The largest absolute Gasteiger partial charge is 0.316 e. The number of hydrogen-bond donors (Lipinski definition) is 1. The second-order valence-corrected chi connectivity index (χ2v) is 4.98. The van der Waals surface area contributed by atoms with Gasteiger partial charge in [0.2, 0.25) is 0 Å². The molecule has 0 saturated heterocycles. The normalized spacial score (nSPS) is 11.2. The van der Waals surface area contributed by atoms with E-state index in [1.165, 1.54) is 5.56 Å². The topological polar surface area (TPSA) is 42.7 Å². The number of nitrogens with zero attached hydrogens (tertiary/aromatic N) is 3. The van der Waals surface area contributed by atoms with Crippen molar-refractivity contribution in [3.8, 4) is 5.82 Å². The summed E-state index contributed by atoms with van der Waals surface area (Å²) in [5, 5.41) is 7.95. The van der Waals surface area contributed by atoms with Gasteiger partial charge in [0.05, 0.1) is 17.4 Å². The fourth-order valence-electron chi connectivity index (χ4n) is 1.74. The molecule has 0 radical (unpaired) electrons. The average Bonchev–Trinajstić information content (AvgIpc) is 2.76. The van der Waals surface area contributed by atoms with Crippen molar-refractivity contribution >= 4 is 11.6 Å². The molecular weight excluding hydrogens is 248 g/mol. The first kappa shape index (κ1) is 13.1. The molecule has 0 saturated carbocycles. The Labute approximate surface area is 112 Å². The Morgan fingerprint density at radius 1 is 1.39 bits per heavy atom. The van der Waals surface area contributed by atoms with Crippen LogP contribution < -0.4 is 5.32 Å². The summed E-state index contributed by atoms with van der Waals surface area (Å²) in [6.07, 6.45) is 3.38. The second-order valence-electron chi connectivity index (χ2n) is 4.55. The lowest BCUT2D eigenvalue weighted by atomic mass is 10.1. The fraction of sp³-hybridized carbons (Fsp3) is 0.385. The Kier molecular flexibility index (Phi) is 3.99. The molecule has 0 aliphatic heterocycles. The number of aromatic nitrogens is 3. The van der Waals surface area contributed by atoms with Crippen molar-refractivity contribution in [2.45, 2.75) is 26.3 Å². The highest BCUT2D eigenvalue weighted by Gasteiger charge is 2.08. The van der Waals surface area contributed by atoms with Crippen LogP contribution in [0.2, 0.25) is 5.02 Å². The number of nitrogens with one attached hydrogen (secondary N) is 1. The molecule has 0 spiro atoms. The van der Waals surface area contributed by atoms with E-state index < -0.39 is 0 Å². The molecule has 0 amide bonds. The van der Waals surface area contributed by atoms with E-state index in [2.05, 4.69) is 35.3 Å². The number of halogens is 1. The zero-order valence-electron chi connectivity index (χ0n) is 10.8. The molecule has 1 N–H and O–H groups in total. The van der Waals surface area contributed by atoms with E-state index in [9.17, 15) is 0 Å². The lowest BCUT2D eigenvalue weighted by Crippen LogP contribution is -2.09. The number of pyridine rings is 1. The second kappa shape index (κ2) is 5.50. The van der Waals surface area contributed by atoms with Gasteiger partial charge in [0.15, 0.2) is 5.82 Å². The van der Waals surface area contributed by atoms with Crippen LogP contribution in [-0.4, -0.2) is 21.8 Å². The summed E-state index contributed by atoms with van der Waals surface area (Å²) in [5.41, 5.74) is 2.25. The Morgan fingerprint density at radius 2 is 2.17 bits per heavy atom. The van der Waals surface area contributed by atoms with Crippen molar-refractivity contribution in [2.24, 2.45) is 0 Å². The van der Waals surface area contributed by atoms with Gasteiger partial charge in [-0.25, -0.2) is 9.67 Å². The van der Waals surface area contributed by atoms with Gasteiger partial charge in [0, 0.05) is 12.2 Å². The van der Waals surface area contributed by atoms with E-state index in [1.54, 1.807) is 17.1 Å². The van der Waals surface area contributed by atoms with Crippen molar-refractivity contribution < 1.29 is 0 Å². The van der Waals surface area contributed by atoms with Crippen LogP contribution in [-0.2, 0) is 6.54 Å². The highest BCUT2D eigenvalue weighted by Crippen LogP contribution is 2.18. The first-order valence-electron chi connectivity index (χ1n) is 5.96. The van der Waals surface area contributed by atoms with Crippen molar-refractivity contribution in [1.29, 1.82) is 0 Å². The predicted octanol–water partition coefficient (Wildman–Crippen LogP) is 2.76. The zero-order valence-corrected chi connectivity index (χ0v) is 11.6. The highest BCUT2D eigenvalue weighted by molar-refractivity contribution is 6.30. The Balaban J connectivity index is 2.45.